The zero-order valence-corrected chi connectivity index (χ0v) is 8.16. The predicted molar refractivity (Wildman–Crippen MR) is 56.3 cm³/mol. The first-order chi connectivity index (χ1) is 5.81. The Labute approximate surface area is 78.2 Å². The van der Waals surface area contributed by atoms with Gasteiger partial charge in [0.1, 0.15) is 0 Å². The number of hydrogen-bond donors (Lipinski definition) is 2. The minimum atomic E-state index is 0.513. The second kappa shape index (κ2) is 8.28. The molecule has 0 aromatic heterocycles. The Hall–Kier alpha value is -0.820. The molecule has 0 bridgehead atoms. The Morgan fingerprint density at radius 1 is 1.75 bits per heavy atom. The molecule has 0 saturated heterocycles. The van der Waals surface area contributed by atoms with E-state index in [0.29, 0.717) is 5.96 Å². The van der Waals surface area contributed by atoms with E-state index in [9.17, 15) is 0 Å². The molecule has 0 unspecified atom stereocenters. The minimum Gasteiger partial charge on any atom is -0.370 e. The molecule has 3 nitrogen and oxygen atoms in total. The number of nitrogens with two attached hydrogens (primary N) is 1. The van der Waals surface area contributed by atoms with Gasteiger partial charge in [-0.2, -0.15) is 0 Å². The smallest absolute Gasteiger partial charge is 0.188 e. The molecule has 0 heterocycles. The van der Waals surface area contributed by atoms with E-state index in [1.807, 2.05) is 6.92 Å². The highest BCUT2D eigenvalue weighted by Gasteiger charge is 1.87. The van der Waals surface area contributed by atoms with Crippen LogP contribution in [-0.2, 0) is 0 Å². The quantitative estimate of drug-likeness (QED) is 0.280. The molecule has 0 aromatic rings. The molecular weight excluding hydrogens is 170 g/mol. The number of thioether (sulfide) groups is 1. The van der Waals surface area contributed by atoms with Gasteiger partial charge in [-0.3, -0.25) is 4.99 Å². The molecule has 0 fully saturated rings. The van der Waals surface area contributed by atoms with E-state index in [1.54, 1.807) is 11.8 Å². The van der Waals surface area contributed by atoms with Gasteiger partial charge in [0.05, 0.1) is 12.3 Å². The van der Waals surface area contributed by atoms with Crippen molar-refractivity contribution in [2.24, 2.45) is 10.7 Å². The second-order valence-corrected chi connectivity index (χ2v) is 3.16. The third kappa shape index (κ3) is 7.29. The lowest BCUT2D eigenvalue weighted by Crippen LogP contribution is -2.31. The van der Waals surface area contributed by atoms with Crippen molar-refractivity contribution in [3.05, 3.63) is 0 Å². The van der Waals surface area contributed by atoms with Gasteiger partial charge in [-0.1, -0.05) is 5.92 Å². The SMILES string of the molecule is C#CCSCCN=C(N)NCC. The average Bonchev–Trinajstić information content (AvgIpc) is 2.05. The molecule has 0 rings (SSSR count). The molecule has 0 saturated carbocycles. The zero-order chi connectivity index (χ0) is 9.23. The average molecular weight is 185 g/mol. The summed E-state index contributed by atoms with van der Waals surface area (Å²) in [6.07, 6.45) is 5.07. The lowest BCUT2D eigenvalue weighted by atomic mass is 10.7. The fourth-order valence-corrected chi connectivity index (χ4v) is 1.08. The van der Waals surface area contributed by atoms with Crippen LogP contribution in [0.3, 0.4) is 0 Å². The highest BCUT2D eigenvalue weighted by atomic mass is 32.2. The fourth-order valence-electron chi connectivity index (χ4n) is 0.599. The summed E-state index contributed by atoms with van der Waals surface area (Å²) in [6, 6.07) is 0. The molecule has 4 heteroatoms. The van der Waals surface area contributed by atoms with Crippen LogP contribution in [0.4, 0.5) is 0 Å². The van der Waals surface area contributed by atoms with Gasteiger partial charge in [-0.25, -0.2) is 0 Å². The van der Waals surface area contributed by atoms with Crippen molar-refractivity contribution in [3.63, 3.8) is 0 Å². The first-order valence-electron chi connectivity index (χ1n) is 3.86. The van der Waals surface area contributed by atoms with E-state index in [4.69, 9.17) is 12.2 Å². The summed E-state index contributed by atoms with van der Waals surface area (Å²) in [5.74, 6) is 4.73. The Morgan fingerprint density at radius 2 is 2.50 bits per heavy atom. The molecule has 3 N–H and O–H groups in total. The van der Waals surface area contributed by atoms with Crippen LogP contribution >= 0.6 is 11.8 Å². The number of nitrogens with one attached hydrogen (secondary N) is 1. The van der Waals surface area contributed by atoms with Crippen LogP contribution in [-0.4, -0.2) is 30.6 Å². The van der Waals surface area contributed by atoms with Crippen LogP contribution < -0.4 is 11.1 Å². The number of guanidine groups is 1. The maximum atomic E-state index is 5.49. The molecule has 0 amide bonds. The highest BCUT2D eigenvalue weighted by molar-refractivity contribution is 7.99. The standard InChI is InChI=1S/C8H15N3S/c1-3-6-12-7-5-11-8(9)10-4-2/h1H,4-7H2,2H3,(H3,9,10,11). The molecular formula is C8H15N3S. The molecule has 0 aromatic carbocycles. The summed E-state index contributed by atoms with van der Waals surface area (Å²) in [5.41, 5.74) is 5.49. The van der Waals surface area contributed by atoms with Gasteiger partial charge in [0, 0.05) is 12.3 Å². The summed E-state index contributed by atoms with van der Waals surface area (Å²) >= 11 is 1.69. The second-order valence-electron chi connectivity index (χ2n) is 2.05. The van der Waals surface area contributed by atoms with Crippen LogP contribution in [0, 0.1) is 12.3 Å². The van der Waals surface area contributed by atoms with E-state index in [2.05, 4.69) is 16.2 Å². The van der Waals surface area contributed by atoms with Crippen molar-refractivity contribution in [3.8, 4) is 12.3 Å². The Kier molecular flexibility index (Phi) is 7.71. The lowest BCUT2D eigenvalue weighted by molar-refractivity contribution is 0.937. The van der Waals surface area contributed by atoms with Gasteiger partial charge < -0.3 is 11.1 Å². The summed E-state index contributed by atoms with van der Waals surface area (Å²) < 4.78 is 0. The molecule has 0 aliphatic carbocycles. The number of nitrogens with zero attached hydrogens (tertiary/aromatic N) is 1. The molecule has 0 aliphatic heterocycles. The van der Waals surface area contributed by atoms with Crippen molar-refractivity contribution < 1.29 is 0 Å². The molecule has 0 aliphatic rings. The number of hydrogen-bond acceptors (Lipinski definition) is 2. The van der Waals surface area contributed by atoms with Gasteiger partial charge in [0.2, 0.25) is 0 Å². The Bertz CT molecular complexity index is 172. The van der Waals surface area contributed by atoms with Crippen molar-refractivity contribution in [1.29, 1.82) is 0 Å². The van der Waals surface area contributed by atoms with Gasteiger partial charge in [-0.05, 0) is 6.92 Å². The molecule has 0 radical (unpaired) electrons. The van der Waals surface area contributed by atoms with Crippen LogP contribution in [0.1, 0.15) is 6.92 Å². The third-order valence-electron chi connectivity index (χ3n) is 1.06. The van der Waals surface area contributed by atoms with E-state index >= 15 is 0 Å². The summed E-state index contributed by atoms with van der Waals surface area (Å²) in [4.78, 5) is 4.08. The normalized spacial score (nSPS) is 10.8. The van der Waals surface area contributed by atoms with E-state index in [1.165, 1.54) is 0 Å². The van der Waals surface area contributed by atoms with Crippen LogP contribution in [0.5, 0.6) is 0 Å². The largest absolute Gasteiger partial charge is 0.370 e. The Balaban J connectivity index is 3.28. The molecule has 0 atom stereocenters. The Morgan fingerprint density at radius 3 is 3.08 bits per heavy atom. The first kappa shape index (κ1) is 11.2. The highest BCUT2D eigenvalue weighted by Crippen LogP contribution is 1.96. The molecule has 12 heavy (non-hydrogen) atoms. The fraction of sp³-hybridized carbons (Fsp3) is 0.625. The van der Waals surface area contributed by atoms with Gasteiger partial charge in [0.25, 0.3) is 0 Å². The number of terminal acetylenes is 1. The van der Waals surface area contributed by atoms with Crippen molar-refractivity contribution in [2.75, 3.05) is 24.6 Å². The van der Waals surface area contributed by atoms with Gasteiger partial charge in [0.15, 0.2) is 5.96 Å². The number of aliphatic imine (C=N–C) groups is 1. The van der Waals surface area contributed by atoms with Crippen molar-refractivity contribution in [2.45, 2.75) is 6.92 Å². The van der Waals surface area contributed by atoms with Crippen LogP contribution in [0.15, 0.2) is 4.99 Å². The van der Waals surface area contributed by atoms with Gasteiger partial charge >= 0.3 is 0 Å². The maximum absolute atomic E-state index is 5.49. The summed E-state index contributed by atoms with van der Waals surface area (Å²) in [6.45, 7) is 3.52. The van der Waals surface area contributed by atoms with E-state index in [-0.39, 0.29) is 0 Å². The van der Waals surface area contributed by atoms with E-state index < -0.39 is 0 Å². The monoisotopic (exact) mass is 185 g/mol. The van der Waals surface area contributed by atoms with E-state index in [0.717, 1.165) is 24.6 Å². The molecule has 0 spiro atoms. The third-order valence-corrected chi connectivity index (χ3v) is 1.90. The van der Waals surface area contributed by atoms with Gasteiger partial charge in [-0.15, -0.1) is 18.2 Å². The van der Waals surface area contributed by atoms with Crippen LogP contribution in [0.25, 0.3) is 0 Å². The van der Waals surface area contributed by atoms with Crippen molar-refractivity contribution in [1.82, 2.24) is 5.32 Å². The lowest BCUT2D eigenvalue weighted by Gasteiger charge is -2.00. The first-order valence-corrected chi connectivity index (χ1v) is 5.01. The zero-order valence-electron chi connectivity index (χ0n) is 7.34. The van der Waals surface area contributed by atoms with Crippen molar-refractivity contribution >= 4 is 17.7 Å². The predicted octanol–water partition coefficient (Wildman–Crippen LogP) is 0.277. The topological polar surface area (TPSA) is 50.4 Å². The summed E-state index contributed by atoms with van der Waals surface area (Å²) in [7, 11) is 0. The minimum absolute atomic E-state index is 0.513. The number of rotatable bonds is 5. The maximum Gasteiger partial charge on any atom is 0.188 e. The van der Waals surface area contributed by atoms with Crippen LogP contribution in [0.2, 0.25) is 0 Å². The molecule has 68 valence electrons. The summed E-state index contributed by atoms with van der Waals surface area (Å²) in [5, 5.41) is 2.91.